The summed E-state index contributed by atoms with van der Waals surface area (Å²) in [7, 11) is 0. The summed E-state index contributed by atoms with van der Waals surface area (Å²) in [6.07, 6.45) is 3.53. The van der Waals surface area contributed by atoms with Crippen LogP contribution in [0.1, 0.15) is 55.3 Å². The number of thiophene rings is 1. The van der Waals surface area contributed by atoms with Gasteiger partial charge in [-0.1, -0.05) is 13.3 Å². The largest absolute Gasteiger partial charge is 0.481 e. The number of rotatable bonds is 5. The SMILES string of the molecule is CCCC1(C(=O)O)CCCN(C(C)c2ccc(C)s2)C1. The Morgan fingerprint density at radius 1 is 1.55 bits per heavy atom. The maximum atomic E-state index is 11.8. The molecular weight excluding hydrogens is 270 g/mol. The topological polar surface area (TPSA) is 40.5 Å². The van der Waals surface area contributed by atoms with Crippen molar-refractivity contribution in [1.29, 1.82) is 0 Å². The summed E-state index contributed by atoms with van der Waals surface area (Å²) in [6.45, 7) is 8.10. The minimum absolute atomic E-state index is 0.324. The number of hydrogen-bond donors (Lipinski definition) is 1. The van der Waals surface area contributed by atoms with Crippen LogP contribution in [0.2, 0.25) is 0 Å². The van der Waals surface area contributed by atoms with Crippen LogP contribution in [0, 0.1) is 12.3 Å². The van der Waals surface area contributed by atoms with Gasteiger partial charge in [0.05, 0.1) is 5.41 Å². The van der Waals surface area contributed by atoms with Crippen LogP contribution in [0.5, 0.6) is 0 Å². The van der Waals surface area contributed by atoms with Crippen LogP contribution in [0.3, 0.4) is 0 Å². The molecule has 1 aromatic rings. The van der Waals surface area contributed by atoms with Crippen molar-refractivity contribution in [3.8, 4) is 0 Å². The monoisotopic (exact) mass is 295 g/mol. The van der Waals surface area contributed by atoms with Gasteiger partial charge in [0.25, 0.3) is 0 Å². The van der Waals surface area contributed by atoms with E-state index in [-0.39, 0.29) is 0 Å². The Morgan fingerprint density at radius 3 is 2.85 bits per heavy atom. The Kier molecular flexibility index (Phi) is 4.86. The van der Waals surface area contributed by atoms with E-state index in [9.17, 15) is 9.90 Å². The molecule has 4 heteroatoms. The lowest BCUT2D eigenvalue weighted by Gasteiger charge is -2.42. The van der Waals surface area contributed by atoms with Crippen molar-refractivity contribution in [1.82, 2.24) is 4.90 Å². The van der Waals surface area contributed by atoms with Gasteiger partial charge in [-0.25, -0.2) is 0 Å². The predicted molar refractivity (Wildman–Crippen MR) is 83.3 cm³/mol. The summed E-state index contributed by atoms with van der Waals surface area (Å²) in [5.41, 5.74) is -0.534. The first-order valence-corrected chi connectivity index (χ1v) is 8.34. The molecule has 2 atom stereocenters. The van der Waals surface area contributed by atoms with E-state index in [1.54, 1.807) is 0 Å². The molecule has 1 aliphatic rings. The molecule has 0 radical (unpaired) electrons. The van der Waals surface area contributed by atoms with Gasteiger partial charge in [0.2, 0.25) is 0 Å². The molecule has 1 N–H and O–H groups in total. The van der Waals surface area contributed by atoms with Crippen LogP contribution < -0.4 is 0 Å². The van der Waals surface area contributed by atoms with Crippen molar-refractivity contribution in [3.63, 3.8) is 0 Å². The zero-order valence-corrected chi connectivity index (χ0v) is 13.5. The summed E-state index contributed by atoms with van der Waals surface area (Å²) < 4.78 is 0. The summed E-state index contributed by atoms with van der Waals surface area (Å²) in [6, 6.07) is 4.66. The van der Waals surface area contributed by atoms with E-state index in [4.69, 9.17) is 0 Å². The Morgan fingerprint density at radius 2 is 2.30 bits per heavy atom. The van der Waals surface area contributed by atoms with Gasteiger partial charge in [-0.3, -0.25) is 9.69 Å². The zero-order valence-electron chi connectivity index (χ0n) is 12.7. The molecule has 2 unspecified atom stereocenters. The van der Waals surface area contributed by atoms with Gasteiger partial charge < -0.3 is 5.11 Å². The standard InChI is InChI=1S/C16H25NO2S/c1-4-8-16(15(18)19)9-5-10-17(11-16)13(3)14-7-6-12(2)20-14/h6-7,13H,4-5,8-11H2,1-3H3,(H,18,19). The van der Waals surface area contributed by atoms with E-state index in [1.807, 2.05) is 11.3 Å². The van der Waals surface area contributed by atoms with Crippen LogP contribution in [0.25, 0.3) is 0 Å². The lowest BCUT2D eigenvalue weighted by atomic mass is 9.76. The van der Waals surface area contributed by atoms with E-state index >= 15 is 0 Å². The molecule has 0 spiro atoms. The molecule has 0 amide bonds. The summed E-state index contributed by atoms with van der Waals surface area (Å²) in [5.74, 6) is -0.612. The highest BCUT2D eigenvalue weighted by Crippen LogP contribution is 2.39. The predicted octanol–water partition coefficient (Wildman–Crippen LogP) is 4.08. The van der Waals surface area contributed by atoms with E-state index in [0.717, 1.165) is 32.2 Å². The quantitative estimate of drug-likeness (QED) is 0.889. The number of carbonyl (C=O) groups is 1. The third-order valence-corrected chi connectivity index (χ3v) is 5.68. The first-order chi connectivity index (χ1) is 9.48. The van der Waals surface area contributed by atoms with Crippen LogP contribution >= 0.6 is 11.3 Å². The van der Waals surface area contributed by atoms with Gasteiger partial charge in [0.1, 0.15) is 0 Å². The third kappa shape index (κ3) is 3.07. The average Bonchev–Trinajstić information content (AvgIpc) is 2.85. The van der Waals surface area contributed by atoms with Crippen LogP contribution in [-0.2, 0) is 4.79 Å². The van der Waals surface area contributed by atoms with Gasteiger partial charge in [-0.05, 0) is 51.8 Å². The van der Waals surface area contributed by atoms with Crippen molar-refractivity contribution in [2.75, 3.05) is 13.1 Å². The number of nitrogens with zero attached hydrogens (tertiary/aromatic N) is 1. The second kappa shape index (κ2) is 6.27. The number of hydrogen-bond acceptors (Lipinski definition) is 3. The zero-order chi connectivity index (χ0) is 14.8. The number of likely N-dealkylation sites (tertiary alicyclic amines) is 1. The molecule has 3 nitrogen and oxygen atoms in total. The molecule has 20 heavy (non-hydrogen) atoms. The van der Waals surface area contributed by atoms with Gasteiger partial charge in [0, 0.05) is 22.3 Å². The third-order valence-electron chi connectivity index (χ3n) is 4.51. The van der Waals surface area contributed by atoms with Crippen LogP contribution in [0.15, 0.2) is 12.1 Å². The molecule has 0 aliphatic carbocycles. The fourth-order valence-electron chi connectivity index (χ4n) is 3.32. The highest BCUT2D eigenvalue weighted by atomic mass is 32.1. The van der Waals surface area contributed by atoms with Crippen LogP contribution in [-0.4, -0.2) is 29.1 Å². The number of aliphatic carboxylic acids is 1. The molecule has 0 aromatic carbocycles. The molecule has 0 bridgehead atoms. The highest BCUT2D eigenvalue weighted by Gasteiger charge is 2.42. The first-order valence-electron chi connectivity index (χ1n) is 7.52. The smallest absolute Gasteiger partial charge is 0.310 e. The van der Waals surface area contributed by atoms with E-state index in [1.165, 1.54) is 9.75 Å². The van der Waals surface area contributed by atoms with Crippen LogP contribution in [0.4, 0.5) is 0 Å². The van der Waals surface area contributed by atoms with Crippen molar-refractivity contribution in [2.45, 2.75) is 52.5 Å². The highest BCUT2D eigenvalue weighted by molar-refractivity contribution is 7.12. The maximum absolute atomic E-state index is 11.8. The summed E-state index contributed by atoms with van der Waals surface area (Å²) in [4.78, 5) is 16.8. The lowest BCUT2D eigenvalue weighted by Crippen LogP contribution is -2.48. The first kappa shape index (κ1) is 15.5. The number of carboxylic acids is 1. The Balaban J connectivity index is 2.15. The lowest BCUT2D eigenvalue weighted by molar-refractivity contribution is -0.153. The Bertz CT molecular complexity index is 467. The minimum Gasteiger partial charge on any atom is -0.481 e. The fraction of sp³-hybridized carbons (Fsp3) is 0.688. The average molecular weight is 295 g/mol. The number of aryl methyl sites for hydroxylation is 1. The molecule has 1 aromatic heterocycles. The van der Waals surface area contributed by atoms with Gasteiger partial charge in [-0.15, -0.1) is 11.3 Å². The Labute approximate surface area is 125 Å². The molecular formula is C16H25NO2S. The van der Waals surface area contributed by atoms with E-state index in [2.05, 4.69) is 37.8 Å². The molecule has 0 saturated carbocycles. The Hall–Kier alpha value is -0.870. The molecule has 1 aliphatic heterocycles. The number of piperidine rings is 1. The normalized spacial score (nSPS) is 25.6. The van der Waals surface area contributed by atoms with Gasteiger partial charge in [0.15, 0.2) is 0 Å². The van der Waals surface area contributed by atoms with Crippen molar-refractivity contribution >= 4 is 17.3 Å². The summed E-state index contributed by atoms with van der Waals surface area (Å²) in [5, 5.41) is 9.67. The summed E-state index contributed by atoms with van der Waals surface area (Å²) >= 11 is 1.82. The minimum atomic E-state index is -0.612. The van der Waals surface area contributed by atoms with Gasteiger partial charge in [-0.2, -0.15) is 0 Å². The molecule has 112 valence electrons. The molecule has 2 heterocycles. The molecule has 2 rings (SSSR count). The van der Waals surface area contributed by atoms with E-state index < -0.39 is 11.4 Å². The molecule has 1 fully saturated rings. The maximum Gasteiger partial charge on any atom is 0.310 e. The van der Waals surface area contributed by atoms with Crippen molar-refractivity contribution in [2.24, 2.45) is 5.41 Å². The van der Waals surface area contributed by atoms with E-state index in [0.29, 0.717) is 12.6 Å². The molecule has 1 saturated heterocycles. The van der Waals surface area contributed by atoms with Crippen molar-refractivity contribution in [3.05, 3.63) is 21.9 Å². The van der Waals surface area contributed by atoms with Gasteiger partial charge >= 0.3 is 5.97 Å². The van der Waals surface area contributed by atoms with Crippen molar-refractivity contribution < 1.29 is 9.90 Å². The second-order valence-electron chi connectivity index (χ2n) is 6.03. The fourth-order valence-corrected chi connectivity index (χ4v) is 4.28. The second-order valence-corrected chi connectivity index (χ2v) is 7.35. The number of carboxylic acid groups (broad SMARTS) is 1.